The van der Waals surface area contributed by atoms with Gasteiger partial charge >= 0.3 is 0 Å². The lowest BCUT2D eigenvalue weighted by atomic mass is 10.0. The van der Waals surface area contributed by atoms with Crippen molar-refractivity contribution in [2.24, 2.45) is 5.73 Å². The number of nitrogens with two attached hydrogens (primary N) is 1. The largest absolute Gasteiger partial charge is 0.328 e. The maximum Gasteiger partial charge on any atom is 0.157 e. The standard InChI is InChI=1S/C17H25N3O/c1-3-5-8-13(18)16(21)12-17-19-14-9-6-7-10-15(14)20(17)11-4-2/h6-7,9-10,13H,3-5,8,11-12,18H2,1-2H3. The molecular formula is C17H25N3O. The number of fused-ring (bicyclic) bond motifs is 1. The first-order chi connectivity index (χ1) is 10.2. The van der Waals surface area contributed by atoms with Crippen molar-refractivity contribution >= 4 is 16.8 Å². The molecule has 0 saturated carbocycles. The molecule has 0 fully saturated rings. The molecule has 1 unspecified atom stereocenters. The Hall–Kier alpha value is -1.68. The minimum Gasteiger partial charge on any atom is -0.328 e. The van der Waals surface area contributed by atoms with Gasteiger partial charge in [0, 0.05) is 6.54 Å². The second kappa shape index (κ2) is 7.36. The molecular weight excluding hydrogens is 262 g/mol. The van der Waals surface area contributed by atoms with Gasteiger partial charge in [-0.3, -0.25) is 4.79 Å². The maximum absolute atomic E-state index is 12.3. The van der Waals surface area contributed by atoms with Crippen LogP contribution in [0.2, 0.25) is 0 Å². The van der Waals surface area contributed by atoms with Crippen LogP contribution >= 0.6 is 0 Å². The second-order valence-corrected chi connectivity index (χ2v) is 5.56. The number of carbonyl (C=O) groups is 1. The lowest BCUT2D eigenvalue weighted by molar-refractivity contribution is -0.119. The number of hydrogen-bond donors (Lipinski definition) is 1. The smallest absolute Gasteiger partial charge is 0.157 e. The van der Waals surface area contributed by atoms with Gasteiger partial charge in [0.25, 0.3) is 0 Å². The number of hydrogen-bond acceptors (Lipinski definition) is 3. The summed E-state index contributed by atoms with van der Waals surface area (Å²) in [6.45, 7) is 5.12. The Bertz CT molecular complexity index is 603. The fourth-order valence-corrected chi connectivity index (χ4v) is 2.61. The van der Waals surface area contributed by atoms with Gasteiger partial charge in [-0.25, -0.2) is 4.98 Å². The van der Waals surface area contributed by atoms with Crippen molar-refractivity contribution in [2.75, 3.05) is 0 Å². The molecule has 0 radical (unpaired) electrons. The van der Waals surface area contributed by atoms with Crippen molar-refractivity contribution in [1.82, 2.24) is 9.55 Å². The molecule has 4 heteroatoms. The summed E-state index contributed by atoms with van der Waals surface area (Å²) in [5, 5.41) is 0. The summed E-state index contributed by atoms with van der Waals surface area (Å²) in [5.41, 5.74) is 8.04. The van der Waals surface area contributed by atoms with Crippen LogP contribution in [0.4, 0.5) is 0 Å². The first kappa shape index (κ1) is 15.7. The molecule has 0 amide bonds. The van der Waals surface area contributed by atoms with Crippen LogP contribution in [0.5, 0.6) is 0 Å². The summed E-state index contributed by atoms with van der Waals surface area (Å²) in [5.74, 6) is 0.936. The summed E-state index contributed by atoms with van der Waals surface area (Å²) in [4.78, 5) is 16.9. The summed E-state index contributed by atoms with van der Waals surface area (Å²) < 4.78 is 2.15. The van der Waals surface area contributed by atoms with Crippen LogP contribution in [-0.4, -0.2) is 21.4 Å². The average Bonchev–Trinajstić information content (AvgIpc) is 2.83. The van der Waals surface area contributed by atoms with E-state index in [0.29, 0.717) is 6.42 Å². The third-order valence-electron chi connectivity index (χ3n) is 3.80. The molecule has 2 rings (SSSR count). The van der Waals surface area contributed by atoms with Crippen molar-refractivity contribution in [2.45, 2.75) is 58.5 Å². The van der Waals surface area contributed by atoms with E-state index in [9.17, 15) is 4.79 Å². The zero-order valence-electron chi connectivity index (χ0n) is 13.0. The molecule has 2 N–H and O–H groups in total. The predicted octanol–water partition coefficient (Wildman–Crippen LogP) is 3.08. The maximum atomic E-state index is 12.3. The van der Waals surface area contributed by atoms with E-state index in [-0.39, 0.29) is 11.8 Å². The molecule has 0 aliphatic carbocycles. The van der Waals surface area contributed by atoms with Gasteiger partial charge in [-0.05, 0) is 25.0 Å². The van der Waals surface area contributed by atoms with Gasteiger partial charge in [-0.1, -0.05) is 38.8 Å². The summed E-state index contributed by atoms with van der Waals surface area (Å²) >= 11 is 0. The zero-order valence-corrected chi connectivity index (χ0v) is 13.0. The highest BCUT2D eigenvalue weighted by molar-refractivity contribution is 5.86. The number of para-hydroxylation sites is 2. The Morgan fingerprint density at radius 2 is 2.05 bits per heavy atom. The van der Waals surface area contributed by atoms with Crippen LogP contribution in [0, 0.1) is 0 Å². The van der Waals surface area contributed by atoms with Gasteiger partial charge in [0.05, 0.1) is 23.5 Å². The van der Waals surface area contributed by atoms with Crippen molar-refractivity contribution in [3.05, 3.63) is 30.1 Å². The number of benzene rings is 1. The molecule has 1 heterocycles. The number of nitrogens with zero attached hydrogens (tertiary/aromatic N) is 2. The quantitative estimate of drug-likeness (QED) is 0.811. The van der Waals surface area contributed by atoms with Gasteiger partial charge < -0.3 is 10.3 Å². The molecule has 0 spiro atoms. The number of imidazole rings is 1. The number of aromatic nitrogens is 2. The van der Waals surface area contributed by atoms with E-state index in [4.69, 9.17) is 5.73 Å². The van der Waals surface area contributed by atoms with E-state index >= 15 is 0 Å². The highest BCUT2D eigenvalue weighted by Gasteiger charge is 2.18. The van der Waals surface area contributed by atoms with Crippen molar-refractivity contribution in [3.63, 3.8) is 0 Å². The van der Waals surface area contributed by atoms with E-state index in [1.807, 2.05) is 18.2 Å². The molecule has 2 aromatic rings. The average molecular weight is 287 g/mol. The van der Waals surface area contributed by atoms with Crippen molar-refractivity contribution < 1.29 is 4.79 Å². The van der Waals surface area contributed by atoms with E-state index in [0.717, 1.165) is 49.1 Å². The van der Waals surface area contributed by atoms with Crippen LogP contribution < -0.4 is 5.73 Å². The number of ketones is 1. The highest BCUT2D eigenvalue weighted by atomic mass is 16.1. The lowest BCUT2D eigenvalue weighted by Crippen LogP contribution is -2.32. The molecule has 1 aromatic heterocycles. The third kappa shape index (κ3) is 3.70. The number of aryl methyl sites for hydroxylation is 1. The molecule has 21 heavy (non-hydrogen) atoms. The fraction of sp³-hybridized carbons (Fsp3) is 0.529. The fourth-order valence-electron chi connectivity index (χ4n) is 2.61. The van der Waals surface area contributed by atoms with Gasteiger partial charge in [-0.15, -0.1) is 0 Å². The topological polar surface area (TPSA) is 60.9 Å². The number of carbonyl (C=O) groups excluding carboxylic acids is 1. The monoisotopic (exact) mass is 287 g/mol. The predicted molar refractivity (Wildman–Crippen MR) is 86.2 cm³/mol. The van der Waals surface area contributed by atoms with E-state index < -0.39 is 0 Å². The lowest BCUT2D eigenvalue weighted by Gasteiger charge is -2.11. The van der Waals surface area contributed by atoms with Crippen molar-refractivity contribution in [1.29, 1.82) is 0 Å². The molecule has 0 aliphatic heterocycles. The number of Topliss-reactive ketones (excluding diaryl/α,β-unsaturated/α-hetero) is 1. The van der Waals surface area contributed by atoms with E-state index in [1.54, 1.807) is 0 Å². The molecule has 0 saturated heterocycles. The van der Waals surface area contributed by atoms with Gasteiger partial charge in [0.1, 0.15) is 5.82 Å². The minimum absolute atomic E-state index is 0.0936. The zero-order chi connectivity index (χ0) is 15.2. The normalized spacial score (nSPS) is 12.7. The Morgan fingerprint density at radius 1 is 1.29 bits per heavy atom. The molecule has 1 atom stereocenters. The minimum atomic E-state index is -0.361. The van der Waals surface area contributed by atoms with Gasteiger partial charge in [0.15, 0.2) is 5.78 Å². The molecule has 4 nitrogen and oxygen atoms in total. The van der Waals surface area contributed by atoms with E-state index in [1.165, 1.54) is 0 Å². The first-order valence-electron chi connectivity index (χ1n) is 7.89. The molecule has 0 bridgehead atoms. The molecule has 0 aliphatic rings. The number of unbranched alkanes of at least 4 members (excludes halogenated alkanes) is 1. The Labute approximate surface area is 126 Å². The first-order valence-corrected chi connectivity index (χ1v) is 7.89. The molecule has 1 aromatic carbocycles. The Kier molecular flexibility index (Phi) is 5.51. The Balaban J connectivity index is 2.21. The van der Waals surface area contributed by atoms with E-state index in [2.05, 4.69) is 29.5 Å². The number of rotatable bonds is 8. The third-order valence-corrected chi connectivity index (χ3v) is 3.80. The van der Waals surface area contributed by atoms with Crippen LogP contribution in [0.1, 0.15) is 45.4 Å². The van der Waals surface area contributed by atoms with Gasteiger partial charge in [0.2, 0.25) is 0 Å². The summed E-state index contributed by atoms with van der Waals surface area (Å²) in [6, 6.07) is 7.67. The Morgan fingerprint density at radius 3 is 2.76 bits per heavy atom. The van der Waals surface area contributed by atoms with Crippen molar-refractivity contribution in [3.8, 4) is 0 Å². The SMILES string of the molecule is CCCCC(N)C(=O)Cc1nc2ccccc2n1CCC. The van der Waals surface area contributed by atoms with Crippen LogP contribution in [0.3, 0.4) is 0 Å². The van der Waals surface area contributed by atoms with Crippen LogP contribution in [0.25, 0.3) is 11.0 Å². The summed E-state index contributed by atoms with van der Waals surface area (Å²) in [7, 11) is 0. The summed E-state index contributed by atoms with van der Waals surface area (Å²) in [6.07, 6.45) is 4.18. The second-order valence-electron chi connectivity index (χ2n) is 5.56. The van der Waals surface area contributed by atoms with Crippen LogP contribution in [-0.2, 0) is 17.8 Å². The highest BCUT2D eigenvalue weighted by Crippen LogP contribution is 2.17. The molecule has 114 valence electrons. The van der Waals surface area contributed by atoms with Crippen LogP contribution in [0.15, 0.2) is 24.3 Å². The van der Waals surface area contributed by atoms with Gasteiger partial charge in [-0.2, -0.15) is 0 Å².